The lowest BCUT2D eigenvalue weighted by Crippen LogP contribution is -2.25. The standard InChI is InChI=1S/C20H22ClN5O2S/c1-13-7-8-17(14(2)9-13)28-11-18-24-25-20(26(18)22)29-12-19(27)23-10-15-5-3-4-6-16(15)21/h3-9H,10-12,22H2,1-2H3,(H,23,27). The number of rotatable bonds is 8. The fourth-order valence-electron chi connectivity index (χ4n) is 2.62. The van der Waals surface area contributed by atoms with Gasteiger partial charge in [0.25, 0.3) is 0 Å². The second kappa shape index (κ2) is 9.67. The van der Waals surface area contributed by atoms with Crippen LogP contribution in [0.3, 0.4) is 0 Å². The molecule has 0 saturated carbocycles. The number of thioether (sulfide) groups is 1. The molecule has 152 valence electrons. The number of hydrogen-bond acceptors (Lipinski definition) is 6. The maximum Gasteiger partial charge on any atom is 0.230 e. The normalized spacial score (nSPS) is 10.7. The quantitative estimate of drug-likeness (QED) is 0.420. The van der Waals surface area contributed by atoms with Crippen molar-refractivity contribution in [1.29, 1.82) is 0 Å². The van der Waals surface area contributed by atoms with Crippen molar-refractivity contribution >= 4 is 29.3 Å². The number of amides is 1. The second-order valence-corrected chi connectivity index (χ2v) is 7.83. The van der Waals surface area contributed by atoms with E-state index >= 15 is 0 Å². The Hall–Kier alpha value is -2.71. The molecule has 0 bridgehead atoms. The number of nitrogen functional groups attached to an aromatic ring is 1. The molecule has 3 rings (SSSR count). The summed E-state index contributed by atoms with van der Waals surface area (Å²) in [6, 6.07) is 13.3. The van der Waals surface area contributed by atoms with Crippen molar-refractivity contribution in [3.8, 4) is 5.75 Å². The van der Waals surface area contributed by atoms with E-state index in [2.05, 4.69) is 15.5 Å². The highest BCUT2D eigenvalue weighted by Gasteiger charge is 2.13. The van der Waals surface area contributed by atoms with Gasteiger partial charge in [0.1, 0.15) is 12.4 Å². The molecule has 0 saturated heterocycles. The van der Waals surface area contributed by atoms with E-state index in [1.54, 1.807) is 6.07 Å². The molecule has 1 amide bonds. The molecule has 0 atom stereocenters. The number of nitrogens with one attached hydrogen (secondary N) is 1. The lowest BCUT2D eigenvalue weighted by molar-refractivity contribution is -0.118. The molecule has 0 aliphatic carbocycles. The first-order valence-electron chi connectivity index (χ1n) is 8.96. The van der Waals surface area contributed by atoms with Gasteiger partial charge in [0, 0.05) is 11.6 Å². The third-order valence-electron chi connectivity index (χ3n) is 4.19. The summed E-state index contributed by atoms with van der Waals surface area (Å²) < 4.78 is 7.13. The number of hydrogen-bond donors (Lipinski definition) is 2. The lowest BCUT2D eigenvalue weighted by Gasteiger charge is -2.09. The number of halogens is 1. The average Bonchev–Trinajstić information content (AvgIpc) is 3.05. The Kier molecular flexibility index (Phi) is 7.00. The van der Waals surface area contributed by atoms with Gasteiger partial charge in [0.05, 0.1) is 5.75 Å². The van der Waals surface area contributed by atoms with Crippen LogP contribution in [0.5, 0.6) is 5.75 Å². The summed E-state index contributed by atoms with van der Waals surface area (Å²) in [5, 5.41) is 12.0. The van der Waals surface area contributed by atoms with Crippen molar-refractivity contribution < 1.29 is 9.53 Å². The van der Waals surface area contributed by atoms with Gasteiger partial charge >= 0.3 is 0 Å². The van der Waals surface area contributed by atoms with Gasteiger partial charge in [-0.15, -0.1) is 10.2 Å². The van der Waals surface area contributed by atoms with Gasteiger partial charge in [0.2, 0.25) is 11.1 Å². The van der Waals surface area contributed by atoms with Crippen LogP contribution in [-0.4, -0.2) is 26.5 Å². The molecular weight excluding hydrogens is 410 g/mol. The molecule has 2 aromatic carbocycles. The van der Waals surface area contributed by atoms with Crippen LogP contribution in [0.25, 0.3) is 0 Å². The summed E-state index contributed by atoms with van der Waals surface area (Å²) in [6.45, 7) is 4.56. The zero-order valence-electron chi connectivity index (χ0n) is 16.2. The highest BCUT2D eigenvalue weighted by atomic mass is 35.5. The summed E-state index contributed by atoms with van der Waals surface area (Å²) >= 11 is 7.29. The number of nitrogens with zero attached hydrogens (tertiary/aromatic N) is 3. The third-order valence-corrected chi connectivity index (χ3v) is 5.50. The van der Waals surface area contributed by atoms with Crippen LogP contribution < -0.4 is 15.9 Å². The first kappa shape index (κ1) is 21.0. The highest BCUT2D eigenvalue weighted by molar-refractivity contribution is 7.99. The van der Waals surface area contributed by atoms with Crippen LogP contribution in [0.1, 0.15) is 22.5 Å². The van der Waals surface area contributed by atoms with Crippen LogP contribution in [0.4, 0.5) is 0 Å². The Morgan fingerprint density at radius 3 is 2.79 bits per heavy atom. The molecule has 1 aromatic heterocycles. The fourth-order valence-corrected chi connectivity index (χ4v) is 3.53. The smallest absolute Gasteiger partial charge is 0.230 e. The van der Waals surface area contributed by atoms with E-state index in [0.717, 1.165) is 16.9 Å². The third kappa shape index (κ3) is 5.65. The van der Waals surface area contributed by atoms with Gasteiger partial charge in [-0.2, -0.15) is 0 Å². The molecule has 7 nitrogen and oxygen atoms in total. The number of aryl methyl sites for hydroxylation is 2. The van der Waals surface area contributed by atoms with Crippen molar-refractivity contribution in [3.63, 3.8) is 0 Å². The van der Waals surface area contributed by atoms with Crippen LogP contribution in [0.2, 0.25) is 5.02 Å². The summed E-state index contributed by atoms with van der Waals surface area (Å²) in [5.74, 6) is 7.31. The molecule has 0 aliphatic rings. The fraction of sp³-hybridized carbons (Fsp3) is 0.250. The van der Waals surface area contributed by atoms with Gasteiger partial charge < -0.3 is 15.9 Å². The largest absolute Gasteiger partial charge is 0.485 e. The average molecular weight is 432 g/mol. The number of benzene rings is 2. The van der Waals surface area contributed by atoms with Gasteiger partial charge in [-0.3, -0.25) is 4.79 Å². The molecule has 1 heterocycles. The van der Waals surface area contributed by atoms with Gasteiger partial charge in [0.15, 0.2) is 5.82 Å². The van der Waals surface area contributed by atoms with E-state index in [9.17, 15) is 4.79 Å². The Bertz CT molecular complexity index is 1010. The minimum Gasteiger partial charge on any atom is -0.485 e. The molecule has 0 radical (unpaired) electrons. The van der Waals surface area contributed by atoms with Crippen LogP contribution in [0, 0.1) is 13.8 Å². The van der Waals surface area contributed by atoms with Crippen LogP contribution >= 0.6 is 23.4 Å². The zero-order valence-corrected chi connectivity index (χ0v) is 17.8. The van der Waals surface area contributed by atoms with E-state index in [1.165, 1.54) is 22.0 Å². The van der Waals surface area contributed by atoms with Crippen LogP contribution in [-0.2, 0) is 17.9 Å². The van der Waals surface area contributed by atoms with Crippen molar-refractivity contribution in [2.24, 2.45) is 0 Å². The Morgan fingerprint density at radius 1 is 1.24 bits per heavy atom. The predicted octanol–water partition coefficient (Wildman–Crippen LogP) is 3.25. The number of ether oxygens (including phenoxy) is 1. The maximum atomic E-state index is 12.1. The number of aromatic nitrogens is 3. The summed E-state index contributed by atoms with van der Waals surface area (Å²) in [7, 11) is 0. The molecule has 0 unspecified atom stereocenters. The Balaban J connectivity index is 1.50. The zero-order chi connectivity index (χ0) is 20.8. The molecule has 0 spiro atoms. The number of carbonyl (C=O) groups is 1. The summed E-state index contributed by atoms with van der Waals surface area (Å²) in [4.78, 5) is 12.1. The van der Waals surface area contributed by atoms with E-state index in [0.29, 0.717) is 22.5 Å². The van der Waals surface area contributed by atoms with Crippen molar-refractivity contribution in [2.45, 2.75) is 32.2 Å². The van der Waals surface area contributed by atoms with E-state index in [1.807, 2.05) is 50.2 Å². The topological polar surface area (TPSA) is 95.1 Å². The summed E-state index contributed by atoms with van der Waals surface area (Å²) in [5.41, 5.74) is 3.07. The SMILES string of the molecule is Cc1ccc(OCc2nnc(SCC(=O)NCc3ccccc3Cl)n2N)c(C)c1. The molecule has 3 aromatic rings. The molecule has 0 fully saturated rings. The molecule has 0 aliphatic heterocycles. The Labute approximate surface area is 178 Å². The first-order chi connectivity index (χ1) is 13.9. The van der Waals surface area contributed by atoms with Crippen molar-refractivity contribution in [2.75, 3.05) is 11.6 Å². The molecule has 3 N–H and O–H groups in total. The number of nitrogens with two attached hydrogens (primary N) is 1. The summed E-state index contributed by atoms with van der Waals surface area (Å²) in [6.07, 6.45) is 0. The monoisotopic (exact) mass is 431 g/mol. The van der Waals surface area contributed by atoms with Gasteiger partial charge in [-0.05, 0) is 37.1 Å². The highest BCUT2D eigenvalue weighted by Crippen LogP contribution is 2.21. The molecule has 29 heavy (non-hydrogen) atoms. The second-order valence-electron chi connectivity index (χ2n) is 6.48. The van der Waals surface area contributed by atoms with Gasteiger partial charge in [-0.1, -0.05) is 59.3 Å². The number of carbonyl (C=O) groups excluding carboxylic acids is 1. The van der Waals surface area contributed by atoms with E-state index < -0.39 is 0 Å². The lowest BCUT2D eigenvalue weighted by atomic mass is 10.1. The van der Waals surface area contributed by atoms with Crippen molar-refractivity contribution in [3.05, 3.63) is 70.0 Å². The molecule has 9 heteroatoms. The van der Waals surface area contributed by atoms with Gasteiger partial charge in [-0.25, -0.2) is 4.68 Å². The van der Waals surface area contributed by atoms with Crippen LogP contribution in [0.15, 0.2) is 47.6 Å². The molecular formula is C20H22ClN5O2S. The Morgan fingerprint density at radius 2 is 2.03 bits per heavy atom. The first-order valence-corrected chi connectivity index (χ1v) is 10.3. The van der Waals surface area contributed by atoms with Crippen molar-refractivity contribution in [1.82, 2.24) is 20.2 Å². The maximum absolute atomic E-state index is 12.1. The minimum atomic E-state index is -0.147. The van der Waals surface area contributed by atoms with E-state index in [4.69, 9.17) is 22.2 Å². The van der Waals surface area contributed by atoms with E-state index in [-0.39, 0.29) is 18.3 Å². The minimum absolute atomic E-state index is 0.147. The predicted molar refractivity (Wildman–Crippen MR) is 114 cm³/mol.